The van der Waals surface area contributed by atoms with Gasteiger partial charge in [0, 0.05) is 27.2 Å². The summed E-state index contributed by atoms with van der Waals surface area (Å²) in [5, 5.41) is 9.11. The van der Waals surface area contributed by atoms with Gasteiger partial charge < -0.3 is 8.98 Å². The van der Waals surface area contributed by atoms with E-state index in [0.717, 1.165) is 65.1 Å². The lowest BCUT2D eigenvalue weighted by molar-refractivity contribution is 0.669. The Bertz CT molecular complexity index is 2990. The number of fused-ring (bicyclic) bond motifs is 10. The third-order valence-electron chi connectivity index (χ3n) is 9.47. The number of terminal acetylenes is 1. The van der Waals surface area contributed by atoms with Gasteiger partial charge in [-0.1, -0.05) is 84.0 Å². The van der Waals surface area contributed by atoms with Crippen molar-refractivity contribution in [3.05, 3.63) is 133 Å². The van der Waals surface area contributed by atoms with Crippen LogP contribution in [0.5, 0.6) is 0 Å². The van der Waals surface area contributed by atoms with Gasteiger partial charge in [-0.15, -0.1) is 6.42 Å². The first-order valence-corrected chi connectivity index (χ1v) is 16.4. The van der Waals surface area contributed by atoms with Crippen LogP contribution in [0.25, 0.3) is 92.5 Å². The number of para-hydroxylation sites is 2. The van der Waals surface area contributed by atoms with Crippen LogP contribution < -0.4 is 0 Å². The third-order valence-corrected chi connectivity index (χ3v) is 10.5. The summed E-state index contributed by atoms with van der Waals surface area (Å²) >= 11 is 1.68. The standard InChI is InChI=1S/C42H25N3OS/c1-3-4-15-33-25(2)29-19-18-28(44-34-16-9-7-13-30(34)32-22-26-11-5-6-12-27(26)23-35(32)44)24-36(29)45(33)42-43-41-39(47-42)21-20-38-40(41)31-14-8-10-17-37(31)46-38/h1,4-24H,2H3/b15-4-. The van der Waals surface area contributed by atoms with Crippen molar-refractivity contribution in [2.45, 2.75) is 6.92 Å². The van der Waals surface area contributed by atoms with E-state index in [0.29, 0.717) is 0 Å². The third kappa shape index (κ3) is 3.68. The first-order chi connectivity index (χ1) is 23.2. The highest BCUT2D eigenvalue weighted by Gasteiger charge is 2.21. The minimum absolute atomic E-state index is 0.845. The highest BCUT2D eigenvalue weighted by Crippen LogP contribution is 2.41. The Labute approximate surface area is 273 Å². The Hall–Kier alpha value is -6.09. The number of furan rings is 1. The van der Waals surface area contributed by atoms with E-state index >= 15 is 0 Å². The van der Waals surface area contributed by atoms with E-state index in [1.807, 2.05) is 24.3 Å². The lowest BCUT2D eigenvalue weighted by atomic mass is 10.1. The van der Waals surface area contributed by atoms with Crippen LogP contribution in [0.1, 0.15) is 11.3 Å². The topological polar surface area (TPSA) is 35.9 Å². The van der Waals surface area contributed by atoms with Gasteiger partial charge in [-0.05, 0) is 83.9 Å². The molecule has 0 bridgehead atoms. The molecular weight excluding hydrogens is 595 g/mol. The van der Waals surface area contributed by atoms with E-state index in [9.17, 15) is 0 Å². The Morgan fingerprint density at radius 2 is 1.47 bits per heavy atom. The maximum absolute atomic E-state index is 6.20. The fourth-order valence-corrected chi connectivity index (χ4v) is 8.35. The molecule has 220 valence electrons. The van der Waals surface area contributed by atoms with Gasteiger partial charge >= 0.3 is 0 Å². The van der Waals surface area contributed by atoms with Gasteiger partial charge in [0.1, 0.15) is 11.2 Å². The van der Waals surface area contributed by atoms with Crippen molar-refractivity contribution in [1.29, 1.82) is 0 Å². The van der Waals surface area contributed by atoms with Gasteiger partial charge in [0.15, 0.2) is 5.13 Å². The second-order valence-electron chi connectivity index (χ2n) is 12.0. The largest absolute Gasteiger partial charge is 0.456 e. The summed E-state index contributed by atoms with van der Waals surface area (Å²) in [6, 6.07) is 41.0. The van der Waals surface area contributed by atoms with Crippen LogP contribution >= 0.6 is 11.3 Å². The minimum atomic E-state index is 0.845. The summed E-state index contributed by atoms with van der Waals surface area (Å²) in [7, 11) is 0. The number of hydrogen-bond donors (Lipinski definition) is 0. The summed E-state index contributed by atoms with van der Waals surface area (Å²) < 4.78 is 12.0. The molecule has 0 amide bonds. The van der Waals surface area contributed by atoms with Gasteiger partial charge in [0.2, 0.25) is 0 Å². The molecule has 0 N–H and O–H groups in total. The molecule has 0 atom stereocenters. The summed E-state index contributed by atoms with van der Waals surface area (Å²) in [6.07, 6.45) is 9.53. The SMILES string of the molecule is C#C/C=C\c1c(C)c2ccc(-n3c4ccccc4c4cc5ccccc5cc43)cc2n1-c1nc2c(ccc3oc4ccccc4c32)s1. The molecule has 4 heterocycles. The van der Waals surface area contributed by atoms with E-state index < -0.39 is 0 Å². The molecule has 47 heavy (non-hydrogen) atoms. The Balaban J connectivity index is 1.28. The molecule has 0 aliphatic rings. The van der Waals surface area contributed by atoms with Crippen molar-refractivity contribution in [2.24, 2.45) is 0 Å². The van der Waals surface area contributed by atoms with Crippen LogP contribution in [0.3, 0.4) is 0 Å². The van der Waals surface area contributed by atoms with Crippen molar-refractivity contribution in [3.63, 3.8) is 0 Å². The lowest BCUT2D eigenvalue weighted by Crippen LogP contribution is -1.98. The molecule has 0 spiro atoms. The van der Waals surface area contributed by atoms with Crippen LogP contribution in [0.4, 0.5) is 0 Å². The van der Waals surface area contributed by atoms with Gasteiger partial charge in [-0.3, -0.25) is 4.57 Å². The predicted octanol–water partition coefficient (Wildman–Crippen LogP) is 11.3. The van der Waals surface area contributed by atoms with E-state index in [1.165, 1.54) is 32.6 Å². The molecular formula is C42H25N3OS. The second kappa shape index (κ2) is 9.70. The molecule has 10 aromatic rings. The molecule has 0 saturated heterocycles. The number of aryl methyl sites for hydroxylation is 1. The van der Waals surface area contributed by atoms with Gasteiger partial charge in [-0.25, -0.2) is 4.98 Å². The Kier molecular flexibility index (Phi) is 5.40. The number of hydrogen-bond acceptors (Lipinski definition) is 3. The molecule has 5 heteroatoms. The van der Waals surface area contributed by atoms with Crippen LogP contribution in [0.15, 0.2) is 126 Å². The number of rotatable bonds is 3. The molecule has 10 rings (SSSR count). The average molecular weight is 620 g/mol. The molecule has 0 aliphatic heterocycles. The normalized spacial score (nSPS) is 12.3. The maximum Gasteiger partial charge on any atom is 0.195 e. The highest BCUT2D eigenvalue weighted by atomic mass is 32.1. The average Bonchev–Trinajstić information content (AvgIpc) is 3.85. The second-order valence-corrected chi connectivity index (χ2v) is 13.0. The molecule has 0 radical (unpaired) electrons. The van der Waals surface area contributed by atoms with Crippen molar-refractivity contribution < 1.29 is 4.42 Å². The van der Waals surface area contributed by atoms with Crippen LogP contribution in [0.2, 0.25) is 0 Å². The van der Waals surface area contributed by atoms with Crippen LogP contribution in [0, 0.1) is 19.3 Å². The molecule has 0 unspecified atom stereocenters. The zero-order chi connectivity index (χ0) is 31.2. The van der Waals surface area contributed by atoms with Crippen LogP contribution in [-0.2, 0) is 0 Å². The fraction of sp³-hybridized carbons (Fsp3) is 0.0238. The van der Waals surface area contributed by atoms with E-state index in [1.54, 1.807) is 17.4 Å². The number of benzene rings is 6. The number of thiazole rings is 1. The molecule has 0 saturated carbocycles. The first-order valence-electron chi connectivity index (χ1n) is 15.6. The van der Waals surface area contributed by atoms with Gasteiger partial charge in [0.25, 0.3) is 0 Å². The van der Waals surface area contributed by atoms with Crippen molar-refractivity contribution >= 4 is 93.0 Å². The van der Waals surface area contributed by atoms with Crippen molar-refractivity contribution in [1.82, 2.24) is 14.1 Å². The smallest absolute Gasteiger partial charge is 0.195 e. The van der Waals surface area contributed by atoms with Gasteiger partial charge in [-0.2, -0.15) is 0 Å². The Morgan fingerprint density at radius 1 is 0.702 bits per heavy atom. The fourth-order valence-electron chi connectivity index (χ4n) is 7.35. The van der Waals surface area contributed by atoms with Crippen molar-refractivity contribution in [3.8, 4) is 23.2 Å². The number of nitrogens with zero attached hydrogens (tertiary/aromatic N) is 3. The monoisotopic (exact) mass is 619 g/mol. The summed E-state index contributed by atoms with van der Waals surface area (Å²) in [5.74, 6) is 2.70. The van der Waals surface area contributed by atoms with E-state index in [2.05, 4.69) is 119 Å². The molecule has 0 aliphatic carbocycles. The van der Waals surface area contributed by atoms with E-state index in [4.69, 9.17) is 15.8 Å². The summed E-state index contributed by atoms with van der Waals surface area (Å²) in [6.45, 7) is 2.16. The lowest BCUT2D eigenvalue weighted by Gasteiger charge is -2.10. The number of allylic oxidation sites excluding steroid dienone is 1. The zero-order valence-corrected chi connectivity index (χ0v) is 26.2. The van der Waals surface area contributed by atoms with Gasteiger partial charge in [0.05, 0.1) is 37.8 Å². The quantitative estimate of drug-likeness (QED) is 0.185. The van der Waals surface area contributed by atoms with Crippen LogP contribution in [-0.4, -0.2) is 14.1 Å². The maximum atomic E-state index is 6.20. The molecule has 0 fully saturated rings. The predicted molar refractivity (Wildman–Crippen MR) is 198 cm³/mol. The number of aromatic nitrogens is 3. The van der Waals surface area contributed by atoms with Crippen molar-refractivity contribution in [2.75, 3.05) is 0 Å². The highest BCUT2D eigenvalue weighted by molar-refractivity contribution is 7.21. The minimum Gasteiger partial charge on any atom is -0.456 e. The Morgan fingerprint density at radius 3 is 2.34 bits per heavy atom. The molecule has 6 aromatic carbocycles. The molecule has 4 aromatic heterocycles. The first kappa shape index (κ1) is 26.2. The molecule has 4 nitrogen and oxygen atoms in total. The summed E-state index contributed by atoms with van der Waals surface area (Å²) in [4.78, 5) is 5.32. The summed E-state index contributed by atoms with van der Waals surface area (Å²) in [5.41, 5.74) is 9.37. The zero-order valence-electron chi connectivity index (χ0n) is 25.4. The van der Waals surface area contributed by atoms with E-state index in [-0.39, 0.29) is 0 Å².